The van der Waals surface area contributed by atoms with E-state index in [-0.39, 0.29) is 28.4 Å². The Labute approximate surface area is 129 Å². The number of benzene rings is 1. The standard InChI is InChI=1S/C16H21ClFNO2/c17-13-3-1-2-12(14(13)18)15(19)11-4-7-21-16(10-11)5-8-20-9-6-16/h1-3,11,15H,4-10,19H2. The van der Waals surface area contributed by atoms with E-state index in [0.717, 1.165) is 38.9 Å². The lowest BCUT2D eigenvalue weighted by Gasteiger charge is -2.44. The predicted molar refractivity (Wildman–Crippen MR) is 79.8 cm³/mol. The Balaban J connectivity index is 1.78. The fourth-order valence-corrected chi connectivity index (χ4v) is 3.68. The molecular weight excluding hydrogens is 293 g/mol. The van der Waals surface area contributed by atoms with Crippen LogP contribution in [-0.4, -0.2) is 25.4 Å². The van der Waals surface area contributed by atoms with Gasteiger partial charge in [-0.2, -0.15) is 0 Å². The van der Waals surface area contributed by atoms with Gasteiger partial charge in [-0.25, -0.2) is 4.39 Å². The summed E-state index contributed by atoms with van der Waals surface area (Å²) in [5, 5.41) is 0.135. The molecular formula is C16H21ClFNO2. The lowest BCUT2D eigenvalue weighted by molar-refractivity contribution is -0.149. The van der Waals surface area contributed by atoms with Crippen LogP contribution in [0.2, 0.25) is 5.02 Å². The molecule has 2 fully saturated rings. The smallest absolute Gasteiger partial charge is 0.146 e. The number of rotatable bonds is 2. The first-order chi connectivity index (χ1) is 10.1. The Morgan fingerprint density at radius 1 is 1.29 bits per heavy atom. The summed E-state index contributed by atoms with van der Waals surface area (Å²) in [7, 11) is 0. The molecule has 2 saturated heterocycles. The van der Waals surface area contributed by atoms with Crippen molar-refractivity contribution in [2.75, 3.05) is 19.8 Å². The summed E-state index contributed by atoms with van der Waals surface area (Å²) in [4.78, 5) is 0. The number of hydrogen-bond acceptors (Lipinski definition) is 3. The first-order valence-corrected chi connectivity index (χ1v) is 7.90. The van der Waals surface area contributed by atoms with Crippen LogP contribution in [0.25, 0.3) is 0 Å². The molecule has 3 nitrogen and oxygen atoms in total. The maximum Gasteiger partial charge on any atom is 0.146 e. The Bertz CT molecular complexity index is 500. The number of hydrogen-bond donors (Lipinski definition) is 1. The van der Waals surface area contributed by atoms with Crippen molar-refractivity contribution in [1.29, 1.82) is 0 Å². The molecule has 2 heterocycles. The van der Waals surface area contributed by atoms with Gasteiger partial charge in [0.15, 0.2) is 0 Å². The summed E-state index contributed by atoms with van der Waals surface area (Å²) < 4.78 is 25.6. The van der Waals surface area contributed by atoms with Crippen molar-refractivity contribution in [3.8, 4) is 0 Å². The van der Waals surface area contributed by atoms with Crippen molar-refractivity contribution in [2.24, 2.45) is 11.7 Å². The topological polar surface area (TPSA) is 44.5 Å². The zero-order valence-corrected chi connectivity index (χ0v) is 12.7. The second-order valence-electron chi connectivity index (χ2n) is 6.07. The summed E-state index contributed by atoms with van der Waals surface area (Å²) in [5.41, 5.74) is 6.72. The average Bonchev–Trinajstić information content (AvgIpc) is 2.50. The van der Waals surface area contributed by atoms with Crippen LogP contribution >= 0.6 is 11.6 Å². The van der Waals surface area contributed by atoms with Gasteiger partial charge < -0.3 is 15.2 Å². The molecule has 21 heavy (non-hydrogen) atoms. The summed E-state index contributed by atoms with van der Waals surface area (Å²) in [6.45, 7) is 2.14. The first-order valence-electron chi connectivity index (χ1n) is 7.52. The van der Waals surface area contributed by atoms with Crippen LogP contribution < -0.4 is 5.73 Å². The molecule has 116 valence electrons. The van der Waals surface area contributed by atoms with E-state index in [9.17, 15) is 4.39 Å². The fourth-order valence-electron chi connectivity index (χ4n) is 3.50. The van der Waals surface area contributed by atoms with E-state index in [2.05, 4.69) is 0 Å². The molecule has 0 aromatic heterocycles. The van der Waals surface area contributed by atoms with Crippen LogP contribution in [-0.2, 0) is 9.47 Å². The minimum absolute atomic E-state index is 0.131. The van der Waals surface area contributed by atoms with Crippen LogP contribution in [0.4, 0.5) is 4.39 Å². The number of ether oxygens (including phenoxy) is 2. The molecule has 0 radical (unpaired) electrons. The lowest BCUT2D eigenvalue weighted by atomic mass is 9.76. The Morgan fingerprint density at radius 2 is 2.05 bits per heavy atom. The van der Waals surface area contributed by atoms with E-state index in [1.54, 1.807) is 18.2 Å². The third-order valence-electron chi connectivity index (χ3n) is 4.78. The Hall–Kier alpha value is -0.680. The van der Waals surface area contributed by atoms with E-state index < -0.39 is 0 Å². The normalized spacial score (nSPS) is 26.7. The van der Waals surface area contributed by atoms with Gasteiger partial charge in [-0.15, -0.1) is 0 Å². The van der Waals surface area contributed by atoms with Crippen molar-refractivity contribution in [3.05, 3.63) is 34.6 Å². The minimum Gasteiger partial charge on any atom is -0.381 e. The highest BCUT2D eigenvalue weighted by atomic mass is 35.5. The van der Waals surface area contributed by atoms with Gasteiger partial charge in [0.1, 0.15) is 5.82 Å². The highest BCUT2D eigenvalue weighted by Gasteiger charge is 2.41. The SMILES string of the molecule is NC(c1cccc(Cl)c1F)C1CCOC2(CCOCC2)C1. The van der Waals surface area contributed by atoms with Gasteiger partial charge in [0.05, 0.1) is 10.6 Å². The van der Waals surface area contributed by atoms with Gasteiger partial charge in [0, 0.05) is 31.4 Å². The lowest BCUT2D eigenvalue weighted by Crippen LogP contribution is -2.46. The van der Waals surface area contributed by atoms with Gasteiger partial charge in [0.2, 0.25) is 0 Å². The van der Waals surface area contributed by atoms with Crippen molar-refractivity contribution >= 4 is 11.6 Å². The maximum atomic E-state index is 14.2. The monoisotopic (exact) mass is 313 g/mol. The molecule has 2 aliphatic rings. The second-order valence-corrected chi connectivity index (χ2v) is 6.47. The zero-order chi connectivity index (χ0) is 14.9. The molecule has 2 atom stereocenters. The molecule has 0 saturated carbocycles. The number of nitrogens with two attached hydrogens (primary N) is 1. The van der Waals surface area contributed by atoms with Gasteiger partial charge >= 0.3 is 0 Å². The van der Waals surface area contributed by atoms with Crippen molar-refractivity contribution in [3.63, 3.8) is 0 Å². The van der Waals surface area contributed by atoms with E-state index in [1.165, 1.54) is 0 Å². The second kappa shape index (κ2) is 6.21. The number of halogens is 2. The molecule has 2 aliphatic heterocycles. The fraction of sp³-hybridized carbons (Fsp3) is 0.625. The molecule has 0 bridgehead atoms. The molecule has 0 amide bonds. The third-order valence-corrected chi connectivity index (χ3v) is 5.08. The minimum atomic E-state index is -0.390. The molecule has 1 spiro atoms. The Morgan fingerprint density at radius 3 is 2.81 bits per heavy atom. The summed E-state index contributed by atoms with van der Waals surface area (Å²) in [6.07, 6.45) is 3.52. The van der Waals surface area contributed by atoms with Gasteiger partial charge in [-0.05, 0) is 37.7 Å². The summed E-state index contributed by atoms with van der Waals surface area (Å²) >= 11 is 5.87. The predicted octanol–water partition coefficient (Wildman–Crippen LogP) is 3.45. The van der Waals surface area contributed by atoms with Crippen molar-refractivity contribution in [2.45, 2.75) is 37.3 Å². The Kier molecular flexibility index (Phi) is 4.50. The quantitative estimate of drug-likeness (QED) is 0.909. The largest absolute Gasteiger partial charge is 0.381 e. The van der Waals surface area contributed by atoms with Crippen LogP contribution in [0.5, 0.6) is 0 Å². The van der Waals surface area contributed by atoms with Crippen LogP contribution in [0.3, 0.4) is 0 Å². The molecule has 2 unspecified atom stereocenters. The molecule has 3 rings (SSSR count). The maximum absolute atomic E-state index is 14.2. The van der Waals surface area contributed by atoms with Crippen LogP contribution in [0, 0.1) is 11.7 Å². The molecule has 0 aliphatic carbocycles. The van der Waals surface area contributed by atoms with Crippen LogP contribution in [0.1, 0.15) is 37.3 Å². The van der Waals surface area contributed by atoms with Gasteiger partial charge in [-0.1, -0.05) is 23.7 Å². The molecule has 1 aromatic carbocycles. The zero-order valence-electron chi connectivity index (χ0n) is 12.0. The molecule has 1 aromatic rings. The highest BCUT2D eigenvalue weighted by molar-refractivity contribution is 6.30. The highest BCUT2D eigenvalue weighted by Crippen LogP contribution is 2.41. The average molecular weight is 314 g/mol. The van der Waals surface area contributed by atoms with Gasteiger partial charge in [-0.3, -0.25) is 0 Å². The van der Waals surface area contributed by atoms with Crippen molar-refractivity contribution < 1.29 is 13.9 Å². The van der Waals surface area contributed by atoms with E-state index >= 15 is 0 Å². The van der Waals surface area contributed by atoms with E-state index in [4.69, 9.17) is 26.8 Å². The first kappa shape index (κ1) is 15.2. The van der Waals surface area contributed by atoms with Crippen LogP contribution in [0.15, 0.2) is 18.2 Å². The summed E-state index contributed by atoms with van der Waals surface area (Å²) in [6, 6.07) is 4.70. The van der Waals surface area contributed by atoms with Gasteiger partial charge in [0.25, 0.3) is 0 Å². The van der Waals surface area contributed by atoms with Crippen molar-refractivity contribution in [1.82, 2.24) is 0 Å². The third kappa shape index (κ3) is 3.09. The van der Waals surface area contributed by atoms with E-state index in [0.29, 0.717) is 12.2 Å². The molecule has 5 heteroatoms. The molecule has 2 N–H and O–H groups in total. The van der Waals surface area contributed by atoms with E-state index in [1.807, 2.05) is 0 Å². The summed E-state index contributed by atoms with van der Waals surface area (Å²) in [5.74, 6) is -0.177.